The monoisotopic (exact) mass is 211 g/mol. The summed E-state index contributed by atoms with van der Waals surface area (Å²) in [6.07, 6.45) is 5.34. The molecule has 1 fully saturated rings. The molecule has 0 atom stereocenters. The first-order valence-electron chi connectivity index (χ1n) is 5.32. The van der Waals surface area contributed by atoms with Gasteiger partial charge in [-0.25, -0.2) is 4.79 Å². The maximum Gasteiger partial charge on any atom is 0.328 e. The van der Waals surface area contributed by atoms with Gasteiger partial charge in [-0.3, -0.25) is 4.79 Å². The van der Waals surface area contributed by atoms with Crippen LogP contribution < -0.4 is 0 Å². The fourth-order valence-corrected chi connectivity index (χ4v) is 1.77. The van der Waals surface area contributed by atoms with E-state index >= 15 is 0 Å². The summed E-state index contributed by atoms with van der Waals surface area (Å²) in [6, 6.07) is 0. The van der Waals surface area contributed by atoms with Crippen molar-refractivity contribution < 1.29 is 14.7 Å². The topological polar surface area (TPSA) is 57.6 Å². The van der Waals surface area contributed by atoms with Gasteiger partial charge < -0.3 is 10.0 Å². The lowest BCUT2D eigenvalue weighted by Crippen LogP contribution is -2.32. The third-order valence-corrected chi connectivity index (χ3v) is 2.57. The van der Waals surface area contributed by atoms with Gasteiger partial charge >= 0.3 is 5.97 Å². The molecule has 0 spiro atoms. The van der Waals surface area contributed by atoms with Gasteiger partial charge in [-0.15, -0.1) is 0 Å². The minimum Gasteiger partial charge on any atom is -0.478 e. The number of hydrogen-bond acceptors (Lipinski definition) is 2. The van der Waals surface area contributed by atoms with Gasteiger partial charge in [-0.05, 0) is 19.8 Å². The van der Waals surface area contributed by atoms with Gasteiger partial charge in [0.05, 0.1) is 0 Å². The number of aliphatic carboxylic acids is 1. The van der Waals surface area contributed by atoms with Crippen molar-refractivity contribution in [3.8, 4) is 0 Å². The van der Waals surface area contributed by atoms with Crippen LogP contribution in [0.15, 0.2) is 11.6 Å². The molecule has 0 bridgehead atoms. The second-order valence-electron chi connectivity index (χ2n) is 3.87. The normalized spacial score (nSPS) is 18.5. The molecule has 0 aromatic rings. The van der Waals surface area contributed by atoms with Crippen molar-refractivity contribution in [3.63, 3.8) is 0 Å². The molecule has 15 heavy (non-hydrogen) atoms. The second kappa shape index (κ2) is 5.53. The van der Waals surface area contributed by atoms with Gasteiger partial charge in [-0.2, -0.15) is 0 Å². The maximum absolute atomic E-state index is 11.8. The molecule has 4 nitrogen and oxygen atoms in total. The Morgan fingerprint density at radius 2 is 1.67 bits per heavy atom. The highest BCUT2D eigenvalue weighted by Crippen LogP contribution is 2.12. The molecule has 0 aromatic carbocycles. The number of amides is 1. The molecule has 0 unspecified atom stereocenters. The molecule has 0 saturated carbocycles. The summed E-state index contributed by atoms with van der Waals surface area (Å²) >= 11 is 0. The fraction of sp³-hybridized carbons (Fsp3) is 0.636. The Morgan fingerprint density at radius 3 is 2.13 bits per heavy atom. The Morgan fingerprint density at radius 1 is 1.13 bits per heavy atom. The van der Waals surface area contributed by atoms with Gasteiger partial charge in [0.15, 0.2) is 0 Å². The third kappa shape index (κ3) is 3.73. The van der Waals surface area contributed by atoms with Crippen molar-refractivity contribution in [2.45, 2.75) is 32.6 Å². The quantitative estimate of drug-likeness (QED) is 0.703. The first-order chi connectivity index (χ1) is 7.11. The number of likely N-dealkylation sites (tertiary alicyclic amines) is 1. The Hall–Kier alpha value is -1.32. The van der Waals surface area contributed by atoms with Crippen LogP contribution in [0.4, 0.5) is 0 Å². The number of carboxylic acid groups (broad SMARTS) is 1. The van der Waals surface area contributed by atoms with Crippen molar-refractivity contribution in [1.29, 1.82) is 0 Å². The SMILES string of the molecule is C/C(=C\C(=O)O)C(=O)N1CCCCCC1. The summed E-state index contributed by atoms with van der Waals surface area (Å²) < 4.78 is 0. The van der Waals surface area contributed by atoms with Crippen molar-refractivity contribution in [2.75, 3.05) is 13.1 Å². The van der Waals surface area contributed by atoms with E-state index in [9.17, 15) is 9.59 Å². The summed E-state index contributed by atoms with van der Waals surface area (Å²) in [5, 5.41) is 8.54. The molecular formula is C11H17NO3. The van der Waals surface area contributed by atoms with Crippen LogP contribution in [0.1, 0.15) is 32.6 Å². The van der Waals surface area contributed by atoms with E-state index in [4.69, 9.17) is 5.11 Å². The number of nitrogens with zero attached hydrogens (tertiary/aromatic N) is 1. The number of carbonyl (C=O) groups excluding carboxylic acids is 1. The van der Waals surface area contributed by atoms with Crippen LogP contribution in [-0.2, 0) is 9.59 Å². The van der Waals surface area contributed by atoms with Crippen LogP contribution in [0.5, 0.6) is 0 Å². The summed E-state index contributed by atoms with van der Waals surface area (Å²) in [7, 11) is 0. The molecule has 84 valence electrons. The van der Waals surface area contributed by atoms with Crippen LogP contribution in [-0.4, -0.2) is 35.0 Å². The average Bonchev–Trinajstić information content (AvgIpc) is 2.43. The lowest BCUT2D eigenvalue weighted by molar-refractivity contribution is -0.132. The van der Waals surface area contributed by atoms with E-state index in [2.05, 4.69) is 0 Å². The van der Waals surface area contributed by atoms with E-state index in [1.807, 2.05) is 0 Å². The number of carbonyl (C=O) groups is 2. The molecule has 1 heterocycles. The fourth-order valence-electron chi connectivity index (χ4n) is 1.77. The van der Waals surface area contributed by atoms with Gasteiger partial charge in [-0.1, -0.05) is 12.8 Å². The zero-order valence-electron chi connectivity index (χ0n) is 9.03. The molecule has 1 aliphatic heterocycles. The van der Waals surface area contributed by atoms with Gasteiger partial charge in [0, 0.05) is 24.7 Å². The van der Waals surface area contributed by atoms with Crippen molar-refractivity contribution in [1.82, 2.24) is 4.90 Å². The maximum atomic E-state index is 11.8. The van der Waals surface area contributed by atoms with Gasteiger partial charge in [0.25, 0.3) is 0 Å². The van der Waals surface area contributed by atoms with Gasteiger partial charge in [0.1, 0.15) is 0 Å². The molecule has 0 radical (unpaired) electrons. The summed E-state index contributed by atoms with van der Waals surface area (Å²) in [5.74, 6) is -1.20. The van der Waals surface area contributed by atoms with E-state index in [1.54, 1.807) is 11.8 Å². The first kappa shape index (κ1) is 11.8. The lowest BCUT2D eigenvalue weighted by atomic mass is 10.2. The molecule has 1 rings (SSSR count). The third-order valence-electron chi connectivity index (χ3n) is 2.57. The zero-order valence-corrected chi connectivity index (χ0v) is 9.03. The van der Waals surface area contributed by atoms with E-state index in [0.29, 0.717) is 5.57 Å². The van der Waals surface area contributed by atoms with E-state index in [1.165, 1.54) is 0 Å². The number of rotatable bonds is 2. The summed E-state index contributed by atoms with van der Waals surface area (Å²) in [4.78, 5) is 24.0. The predicted molar refractivity (Wildman–Crippen MR) is 56.4 cm³/mol. The zero-order chi connectivity index (χ0) is 11.3. The molecule has 1 saturated heterocycles. The largest absolute Gasteiger partial charge is 0.478 e. The first-order valence-corrected chi connectivity index (χ1v) is 5.32. The standard InChI is InChI=1S/C11H17NO3/c1-9(8-10(13)14)11(15)12-6-4-2-3-5-7-12/h8H,2-7H2,1H3,(H,13,14)/b9-8+. The second-order valence-corrected chi connectivity index (χ2v) is 3.87. The smallest absolute Gasteiger partial charge is 0.328 e. The highest BCUT2D eigenvalue weighted by Gasteiger charge is 2.17. The summed E-state index contributed by atoms with van der Waals surface area (Å²) in [6.45, 7) is 3.06. The Balaban J connectivity index is 2.61. The molecular weight excluding hydrogens is 194 g/mol. The minimum absolute atomic E-state index is 0.140. The van der Waals surface area contributed by atoms with Crippen molar-refractivity contribution in [2.24, 2.45) is 0 Å². The Bertz CT molecular complexity index is 276. The molecule has 4 heteroatoms. The molecule has 1 amide bonds. The lowest BCUT2D eigenvalue weighted by Gasteiger charge is -2.20. The van der Waals surface area contributed by atoms with Crippen molar-refractivity contribution in [3.05, 3.63) is 11.6 Å². The molecule has 0 aromatic heterocycles. The average molecular weight is 211 g/mol. The predicted octanol–water partition coefficient (Wildman–Crippen LogP) is 1.42. The number of hydrogen-bond donors (Lipinski definition) is 1. The number of carboxylic acids is 1. The van der Waals surface area contributed by atoms with Gasteiger partial charge in [0.2, 0.25) is 5.91 Å². The molecule has 1 aliphatic rings. The van der Waals surface area contributed by atoms with E-state index < -0.39 is 5.97 Å². The highest BCUT2D eigenvalue weighted by atomic mass is 16.4. The Kier molecular flexibility index (Phi) is 4.34. The van der Waals surface area contributed by atoms with E-state index in [-0.39, 0.29) is 5.91 Å². The molecule has 0 aliphatic carbocycles. The Labute approximate surface area is 89.6 Å². The minimum atomic E-state index is -1.06. The summed E-state index contributed by atoms with van der Waals surface area (Å²) in [5.41, 5.74) is 0.310. The van der Waals surface area contributed by atoms with Crippen LogP contribution in [0, 0.1) is 0 Å². The van der Waals surface area contributed by atoms with E-state index in [0.717, 1.165) is 44.8 Å². The highest BCUT2D eigenvalue weighted by molar-refractivity contribution is 5.98. The van der Waals surface area contributed by atoms with Crippen LogP contribution in [0.2, 0.25) is 0 Å². The van der Waals surface area contributed by atoms with Crippen LogP contribution >= 0.6 is 0 Å². The van der Waals surface area contributed by atoms with Crippen LogP contribution in [0.3, 0.4) is 0 Å². The van der Waals surface area contributed by atoms with Crippen LogP contribution in [0.25, 0.3) is 0 Å². The van der Waals surface area contributed by atoms with Crippen molar-refractivity contribution >= 4 is 11.9 Å². The molecule has 1 N–H and O–H groups in total.